The first kappa shape index (κ1) is 65.3. The molecular weight excluding hydrogens is 734 g/mol. The molecule has 57 heavy (non-hydrogen) atoms. The highest BCUT2D eigenvalue weighted by Gasteiger charge is 2.26. The van der Waals surface area contributed by atoms with Crippen molar-refractivity contribution in [1.29, 1.82) is 0 Å². The van der Waals surface area contributed by atoms with Gasteiger partial charge in [0.2, 0.25) is 11.8 Å². The summed E-state index contributed by atoms with van der Waals surface area (Å²) < 4.78 is 0. The van der Waals surface area contributed by atoms with Gasteiger partial charge in [0, 0.05) is 26.2 Å². The first-order chi connectivity index (χ1) is 25.1. The molecule has 0 spiro atoms. The van der Waals surface area contributed by atoms with E-state index in [9.17, 15) is 28.8 Å². The first-order valence-electron chi connectivity index (χ1n) is 19.4. The highest BCUT2D eigenvalue weighted by molar-refractivity contribution is 5.89. The Balaban J connectivity index is -0.000000151. The lowest BCUT2D eigenvalue weighted by Gasteiger charge is -2.26. The lowest BCUT2D eigenvalue weighted by molar-refractivity contribution is -0.191. The summed E-state index contributed by atoms with van der Waals surface area (Å²) in [5, 5.41) is 22.4. The Kier molecular flexibility index (Phi) is 38.3. The van der Waals surface area contributed by atoms with Crippen LogP contribution in [-0.2, 0) is 38.4 Å². The Morgan fingerprint density at radius 2 is 0.930 bits per heavy atom. The number of hydrogen-bond donors (Lipinski definition) is 7. The third kappa shape index (κ3) is 52.5. The van der Waals surface area contributed by atoms with Crippen molar-refractivity contribution in [1.82, 2.24) is 10.6 Å². The Morgan fingerprint density at radius 3 is 1.21 bits per heavy atom. The number of ketones is 2. The molecule has 15 heteroatoms. The van der Waals surface area contributed by atoms with E-state index in [4.69, 9.17) is 37.0 Å². The van der Waals surface area contributed by atoms with Gasteiger partial charge in [0.25, 0.3) is 0 Å². The van der Waals surface area contributed by atoms with Crippen LogP contribution in [0.2, 0.25) is 0 Å². The van der Waals surface area contributed by atoms with Crippen LogP contribution in [0.4, 0.5) is 0 Å². The third-order valence-corrected chi connectivity index (χ3v) is 7.03. The Morgan fingerprint density at radius 1 is 0.579 bits per heavy atom. The van der Waals surface area contributed by atoms with Crippen molar-refractivity contribution in [2.75, 3.05) is 6.54 Å². The van der Waals surface area contributed by atoms with E-state index in [0.717, 1.165) is 19.3 Å². The second-order valence-corrected chi connectivity index (χ2v) is 18.7. The number of carboxylic acid groups (broad SMARTS) is 2. The fraction of sp³-hybridized carbons (Fsp3) is 0.833. The van der Waals surface area contributed by atoms with Crippen LogP contribution >= 0.6 is 0 Å². The quantitative estimate of drug-likeness (QED) is 0.0883. The van der Waals surface area contributed by atoms with Crippen LogP contribution in [-0.4, -0.2) is 82.4 Å². The number of Topliss-reactive ketones (excluding diaryl/α,β-unsaturated/α-hetero) is 2. The normalized spacial score (nSPS) is 13.0. The molecule has 0 aromatic heterocycles. The average molecular weight is 820 g/mol. The maximum atomic E-state index is 12.0. The van der Waals surface area contributed by atoms with Gasteiger partial charge < -0.3 is 38.0 Å². The number of carboxylic acids is 2. The van der Waals surface area contributed by atoms with Crippen molar-refractivity contribution < 1.29 is 48.6 Å². The minimum absolute atomic E-state index is 0. The van der Waals surface area contributed by atoms with Crippen molar-refractivity contribution in [3.63, 3.8) is 0 Å². The van der Waals surface area contributed by atoms with Gasteiger partial charge in [-0.3, -0.25) is 24.0 Å². The summed E-state index contributed by atoms with van der Waals surface area (Å²) in [6, 6.07) is -2.11. The van der Waals surface area contributed by atoms with E-state index >= 15 is 0 Å². The van der Waals surface area contributed by atoms with Gasteiger partial charge in [-0.15, -0.1) is 0 Å². The van der Waals surface area contributed by atoms with E-state index in [2.05, 4.69) is 52.2 Å². The molecule has 0 aliphatic heterocycles. The molecule has 0 fully saturated rings. The SMILES string of the molecule is C.CC(=O)N[C@@H](CC(C)(C)C)C(=O)O.CC(C)(C)C[C@H](N)C(=O)O.CCCC(=O)[C@@H](N)CC(C)(C)C.CCCC(=O)[C@H](CC(C)(C)C)NC(=O)CCCN.O=C=O. The highest BCUT2D eigenvalue weighted by atomic mass is 16.4. The van der Waals surface area contributed by atoms with E-state index in [1.165, 1.54) is 6.92 Å². The second-order valence-electron chi connectivity index (χ2n) is 18.7. The Hall–Kier alpha value is -3.52. The molecule has 4 atom stereocenters. The number of hydrogen-bond acceptors (Lipinski definition) is 11. The summed E-state index contributed by atoms with van der Waals surface area (Å²) in [7, 11) is 0. The number of carbonyl (C=O) groups is 6. The maximum absolute atomic E-state index is 12.0. The largest absolute Gasteiger partial charge is 0.480 e. The molecule has 0 radical (unpaired) electrons. The van der Waals surface area contributed by atoms with Gasteiger partial charge in [-0.2, -0.15) is 9.59 Å². The summed E-state index contributed by atoms with van der Waals surface area (Å²) in [6.07, 6.45) is 6.59. The molecule has 0 rings (SSSR count). The van der Waals surface area contributed by atoms with Crippen LogP contribution in [0.5, 0.6) is 0 Å². The van der Waals surface area contributed by atoms with Crippen LogP contribution in [0.1, 0.15) is 175 Å². The molecular formula is C42H85N5O10. The lowest BCUT2D eigenvalue weighted by atomic mass is 9.86. The molecule has 0 saturated carbocycles. The molecule has 0 aliphatic carbocycles. The summed E-state index contributed by atoms with van der Waals surface area (Å²) in [6.45, 7) is 30.0. The molecule has 0 aromatic carbocycles. The molecule has 0 saturated heterocycles. The van der Waals surface area contributed by atoms with Crippen molar-refractivity contribution >= 4 is 41.5 Å². The minimum atomic E-state index is -0.981. The number of nitrogens with one attached hydrogen (secondary N) is 2. The van der Waals surface area contributed by atoms with Gasteiger partial charge in [0.05, 0.1) is 12.1 Å². The van der Waals surface area contributed by atoms with Gasteiger partial charge in [0.15, 0.2) is 5.78 Å². The van der Waals surface area contributed by atoms with E-state index < -0.39 is 24.0 Å². The zero-order valence-electron chi connectivity index (χ0n) is 37.5. The summed E-state index contributed by atoms with van der Waals surface area (Å²) in [5.41, 5.74) is 16.5. The smallest absolute Gasteiger partial charge is 0.373 e. The van der Waals surface area contributed by atoms with Gasteiger partial charge >= 0.3 is 18.1 Å². The molecule has 15 nitrogen and oxygen atoms in total. The Bertz CT molecular complexity index is 1170. The fourth-order valence-corrected chi connectivity index (χ4v) is 4.82. The minimum Gasteiger partial charge on any atom is -0.480 e. The van der Waals surface area contributed by atoms with Crippen molar-refractivity contribution in [2.24, 2.45) is 38.9 Å². The van der Waals surface area contributed by atoms with Crippen LogP contribution in [0.3, 0.4) is 0 Å². The van der Waals surface area contributed by atoms with E-state index in [0.29, 0.717) is 51.5 Å². The predicted molar refractivity (Wildman–Crippen MR) is 227 cm³/mol. The number of amides is 2. The van der Waals surface area contributed by atoms with Crippen LogP contribution in [0.25, 0.3) is 0 Å². The number of carbonyl (C=O) groups excluding carboxylic acids is 6. The molecule has 0 bridgehead atoms. The lowest BCUT2D eigenvalue weighted by Crippen LogP contribution is -2.43. The first-order valence-corrected chi connectivity index (χ1v) is 19.4. The number of aliphatic carboxylic acids is 2. The molecule has 0 aromatic rings. The summed E-state index contributed by atoms with van der Waals surface area (Å²) >= 11 is 0. The second kappa shape index (κ2) is 33.5. The number of nitrogens with two attached hydrogens (primary N) is 3. The van der Waals surface area contributed by atoms with Crippen LogP contribution in [0, 0.1) is 21.7 Å². The molecule has 2 amide bonds. The van der Waals surface area contributed by atoms with Gasteiger partial charge in [-0.1, -0.05) is 104 Å². The molecule has 0 aliphatic rings. The molecule has 338 valence electrons. The zero-order chi connectivity index (χ0) is 45.7. The monoisotopic (exact) mass is 820 g/mol. The maximum Gasteiger partial charge on any atom is 0.373 e. The van der Waals surface area contributed by atoms with E-state index in [1.54, 1.807) is 0 Å². The van der Waals surface area contributed by atoms with Gasteiger partial charge in [-0.25, -0.2) is 4.79 Å². The van der Waals surface area contributed by atoms with Crippen molar-refractivity contribution in [3.8, 4) is 0 Å². The standard InChI is InChI=1S/C14H28N2O2.C10H21NO.C9H17NO3.C7H15NO2.CO2.CH4/c1-5-7-12(17)11(10-14(2,3)4)16-13(18)8-6-9-15;1-5-6-9(12)8(11)7-10(2,3)4;1-6(11)10-7(8(12)13)5-9(2,3)4;1-7(2,3)4-5(8)6(9)10;2-1-3;/h11H,5-10,15H2,1-4H3,(H,16,18);8H,5-7,11H2,1-4H3;7H,5H2,1-4H3,(H,10,11)(H,12,13);5H,4,8H2,1-3H3,(H,9,10);;1H4/t11-;8-;7-;5-;;/m0000../s1. The van der Waals surface area contributed by atoms with Crippen molar-refractivity contribution in [2.45, 2.75) is 200 Å². The van der Waals surface area contributed by atoms with E-state index in [-0.39, 0.29) is 70.7 Å². The third-order valence-electron chi connectivity index (χ3n) is 7.03. The molecule has 10 N–H and O–H groups in total. The average Bonchev–Trinajstić information content (AvgIpc) is 2.97. The zero-order valence-corrected chi connectivity index (χ0v) is 37.5. The molecule has 0 heterocycles. The number of rotatable bonds is 17. The summed E-state index contributed by atoms with van der Waals surface area (Å²) in [4.78, 5) is 82.8. The van der Waals surface area contributed by atoms with Crippen molar-refractivity contribution in [3.05, 3.63) is 0 Å². The summed E-state index contributed by atoms with van der Waals surface area (Å²) in [5.74, 6) is -1.95. The van der Waals surface area contributed by atoms with Gasteiger partial charge in [0.1, 0.15) is 17.9 Å². The van der Waals surface area contributed by atoms with Gasteiger partial charge in [-0.05, 0) is 73.2 Å². The highest BCUT2D eigenvalue weighted by Crippen LogP contribution is 2.23. The topological polar surface area (TPSA) is 279 Å². The Labute approximate surface area is 345 Å². The fourth-order valence-electron chi connectivity index (χ4n) is 4.82. The molecule has 0 unspecified atom stereocenters. The van der Waals surface area contributed by atoms with Crippen LogP contribution < -0.4 is 27.8 Å². The predicted octanol–water partition coefficient (Wildman–Crippen LogP) is 6.03. The van der Waals surface area contributed by atoms with E-state index in [1.807, 2.05) is 55.4 Å². The van der Waals surface area contributed by atoms with Crippen LogP contribution in [0.15, 0.2) is 0 Å².